The number of ether oxygens (including phenoxy) is 4. The number of hydrogen-bond donors (Lipinski definition) is 1. The van der Waals surface area contributed by atoms with Crippen molar-refractivity contribution >= 4 is 0 Å². The molecule has 2 aliphatic heterocycles. The third kappa shape index (κ3) is 2.00. The van der Waals surface area contributed by atoms with Gasteiger partial charge in [0.15, 0.2) is 23.0 Å². The molecule has 0 fully saturated rings. The summed E-state index contributed by atoms with van der Waals surface area (Å²) in [6.07, 6.45) is 0.297. The standard InChI is InChI=1S/C20H21NO5/c1-21-8-14(22)12-7-17(23-2)20(24-3)19-11-6-16-15(25-9-26-16)5-10(11)4-13(21)18(12)19/h5-7,13-14,22H,4,8-9H2,1-3H3/t13-,14-/m0/s1. The second kappa shape index (κ2) is 5.53. The average Bonchev–Trinajstić information content (AvgIpc) is 3.10. The van der Waals surface area contributed by atoms with Crippen LogP contribution in [0.3, 0.4) is 0 Å². The second-order valence-electron chi connectivity index (χ2n) is 7.03. The Kier molecular flexibility index (Phi) is 3.36. The van der Waals surface area contributed by atoms with Crippen LogP contribution >= 0.6 is 0 Å². The van der Waals surface area contributed by atoms with Crippen molar-refractivity contribution in [1.29, 1.82) is 0 Å². The fourth-order valence-electron chi connectivity index (χ4n) is 4.50. The molecule has 1 aliphatic carbocycles. The maximum atomic E-state index is 10.7. The van der Waals surface area contributed by atoms with Crippen LogP contribution in [0, 0.1) is 0 Å². The zero-order chi connectivity index (χ0) is 18.0. The smallest absolute Gasteiger partial charge is 0.231 e. The van der Waals surface area contributed by atoms with Crippen LogP contribution in [0.4, 0.5) is 0 Å². The third-order valence-electron chi connectivity index (χ3n) is 5.71. The summed E-state index contributed by atoms with van der Waals surface area (Å²) >= 11 is 0. The van der Waals surface area contributed by atoms with Crippen molar-refractivity contribution in [2.45, 2.75) is 18.6 Å². The van der Waals surface area contributed by atoms with Crippen molar-refractivity contribution in [2.75, 3.05) is 34.6 Å². The van der Waals surface area contributed by atoms with Gasteiger partial charge in [0.25, 0.3) is 0 Å². The van der Waals surface area contributed by atoms with Crippen LogP contribution < -0.4 is 18.9 Å². The maximum Gasteiger partial charge on any atom is 0.231 e. The molecular weight excluding hydrogens is 334 g/mol. The van der Waals surface area contributed by atoms with E-state index in [0.717, 1.165) is 40.2 Å². The van der Waals surface area contributed by atoms with E-state index in [0.29, 0.717) is 18.0 Å². The van der Waals surface area contributed by atoms with Crippen LogP contribution in [0.2, 0.25) is 0 Å². The molecule has 2 aromatic carbocycles. The van der Waals surface area contributed by atoms with Gasteiger partial charge in [0.05, 0.1) is 20.3 Å². The number of likely N-dealkylation sites (N-methyl/N-ethyl adjacent to an activating group) is 1. The summed E-state index contributed by atoms with van der Waals surface area (Å²) < 4.78 is 22.5. The van der Waals surface area contributed by atoms with Crippen LogP contribution in [-0.4, -0.2) is 44.6 Å². The molecule has 26 heavy (non-hydrogen) atoms. The molecule has 0 saturated carbocycles. The summed E-state index contributed by atoms with van der Waals surface area (Å²) in [5.74, 6) is 2.85. The summed E-state index contributed by atoms with van der Waals surface area (Å²) in [4.78, 5) is 2.20. The minimum absolute atomic E-state index is 0.177. The highest BCUT2D eigenvalue weighted by Gasteiger charge is 2.40. The van der Waals surface area contributed by atoms with Gasteiger partial charge in [-0.1, -0.05) is 0 Å². The normalized spacial score (nSPS) is 22.6. The van der Waals surface area contributed by atoms with Gasteiger partial charge < -0.3 is 24.1 Å². The van der Waals surface area contributed by atoms with E-state index in [-0.39, 0.29) is 12.8 Å². The number of benzene rings is 2. The first-order chi connectivity index (χ1) is 12.6. The van der Waals surface area contributed by atoms with Gasteiger partial charge in [-0.2, -0.15) is 0 Å². The van der Waals surface area contributed by atoms with Crippen LogP contribution in [0.1, 0.15) is 28.8 Å². The number of rotatable bonds is 2. The zero-order valence-corrected chi connectivity index (χ0v) is 15.0. The monoisotopic (exact) mass is 355 g/mol. The van der Waals surface area contributed by atoms with Gasteiger partial charge in [-0.05, 0) is 53.9 Å². The van der Waals surface area contributed by atoms with Crippen molar-refractivity contribution in [1.82, 2.24) is 4.90 Å². The van der Waals surface area contributed by atoms with Crippen LogP contribution in [0.5, 0.6) is 23.0 Å². The molecule has 0 unspecified atom stereocenters. The predicted molar refractivity (Wildman–Crippen MR) is 95.1 cm³/mol. The number of fused-ring (bicyclic) bond motifs is 3. The number of hydrogen-bond acceptors (Lipinski definition) is 6. The Labute approximate surface area is 151 Å². The van der Waals surface area contributed by atoms with Crippen molar-refractivity contribution in [3.8, 4) is 34.1 Å². The SMILES string of the molecule is COc1cc2c3c(c1OC)-c1cc4c(cc1C[C@@H]3N(C)C[C@@H]2O)OCO4. The van der Waals surface area contributed by atoms with E-state index < -0.39 is 6.10 Å². The molecular formula is C20H21NO5. The van der Waals surface area contributed by atoms with Crippen molar-refractivity contribution in [3.05, 3.63) is 34.9 Å². The molecule has 0 bridgehead atoms. The topological polar surface area (TPSA) is 60.4 Å². The van der Waals surface area contributed by atoms with Crippen LogP contribution in [0.25, 0.3) is 11.1 Å². The molecule has 0 radical (unpaired) electrons. The Morgan fingerprint density at radius 1 is 1.12 bits per heavy atom. The highest BCUT2D eigenvalue weighted by Crippen LogP contribution is 2.55. The van der Waals surface area contributed by atoms with E-state index in [2.05, 4.69) is 18.0 Å². The average molecular weight is 355 g/mol. The molecule has 2 heterocycles. The molecule has 3 aliphatic rings. The number of nitrogens with zero attached hydrogens (tertiary/aromatic N) is 1. The largest absolute Gasteiger partial charge is 0.493 e. The van der Waals surface area contributed by atoms with Gasteiger partial charge in [0.1, 0.15) is 0 Å². The number of aliphatic hydroxyl groups excluding tert-OH is 1. The summed E-state index contributed by atoms with van der Waals surface area (Å²) in [6, 6.07) is 6.18. The maximum absolute atomic E-state index is 10.7. The lowest BCUT2D eigenvalue weighted by Gasteiger charge is -2.42. The molecule has 2 atom stereocenters. The van der Waals surface area contributed by atoms with Gasteiger partial charge in [0.2, 0.25) is 6.79 Å². The Morgan fingerprint density at radius 3 is 2.62 bits per heavy atom. The van der Waals surface area contributed by atoms with Gasteiger partial charge in [0, 0.05) is 18.2 Å². The molecule has 0 spiro atoms. The minimum atomic E-state index is -0.555. The van der Waals surface area contributed by atoms with Gasteiger partial charge >= 0.3 is 0 Å². The zero-order valence-electron chi connectivity index (χ0n) is 15.0. The fourth-order valence-corrected chi connectivity index (χ4v) is 4.50. The Hall–Kier alpha value is -2.44. The minimum Gasteiger partial charge on any atom is -0.493 e. The molecule has 136 valence electrons. The van der Waals surface area contributed by atoms with E-state index in [1.807, 2.05) is 12.1 Å². The van der Waals surface area contributed by atoms with Gasteiger partial charge in [-0.25, -0.2) is 0 Å². The third-order valence-corrected chi connectivity index (χ3v) is 5.71. The van der Waals surface area contributed by atoms with Crippen molar-refractivity contribution in [2.24, 2.45) is 0 Å². The summed E-state index contributed by atoms with van der Waals surface area (Å²) in [7, 11) is 5.33. The highest BCUT2D eigenvalue weighted by atomic mass is 16.7. The van der Waals surface area contributed by atoms with Crippen molar-refractivity contribution in [3.63, 3.8) is 0 Å². The lowest BCUT2D eigenvalue weighted by molar-refractivity contribution is 0.0828. The second-order valence-corrected chi connectivity index (χ2v) is 7.03. The van der Waals surface area contributed by atoms with E-state index >= 15 is 0 Å². The quantitative estimate of drug-likeness (QED) is 0.894. The number of β-amino-alcohol motifs (C(OH)–C–C–N with tert-alkyl or cyclic N) is 1. The Balaban J connectivity index is 1.86. The van der Waals surface area contributed by atoms with E-state index in [1.165, 1.54) is 5.56 Å². The van der Waals surface area contributed by atoms with E-state index in [1.54, 1.807) is 14.2 Å². The molecule has 0 saturated heterocycles. The molecule has 6 nitrogen and oxygen atoms in total. The van der Waals surface area contributed by atoms with Crippen LogP contribution in [-0.2, 0) is 6.42 Å². The summed E-state index contributed by atoms with van der Waals surface area (Å²) in [5, 5.41) is 10.7. The Bertz CT molecular complexity index is 910. The van der Waals surface area contributed by atoms with E-state index in [9.17, 15) is 5.11 Å². The molecule has 6 heteroatoms. The lowest BCUT2D eigenvalue weighted by atomic mass is 9.76. The molecule has 0 amide bonds. The highest BCUT2D eigenvalue weighted by molar-refractivity contribution is 5.85. The van der Waals surface area contributed by atoms with Gasteiger partial charge in [-0.15, -0.1) is 0 Å². The summed E-state index contributed by atoms with van der Waals surface area (Å²) in [6.45, 7) is 0.833. The first-order valence-corrected chi connectivity index (χ1v) is 8.72. The first-order valence-electron chi connectivity index (χ1n) is 8.72. The van der Waals surface area contributed by atoms with Crippen LogP contribution in [0.15, 0.2) is 18.2 Å². The van der Waals surface area contributed by atoms with Crippen molar-refractivity contribution < 1.29 is 24.1 Å². The molecule has 2 aromatic rings. The first kappa shape index (κ1) is 15.8. The number of methoxy groups -OCH3 is 2. The van der Waals surface area contributed by atoms with E-state index in [4.69, 9.17) is 18.9 Å². The number of aliphatic hydroxyl groups is 1. The molecule has 0 aromatic heterocycles. The fraction of sp³-hybridized carbons (Fsp3) is 0.400. The summed E-state index contributed by atoms with van der Waals surface area (Å²) in [5.41, 5.74) is 5.27. The lowest BCUT2D eigenvalue weighted by Crippen LogP contribution is -2.38. The Morgan fingerprint density at radius 2 is 1.88 bits per heavy atom. The molecule has 1 N–H and O–H groups in total. The molecule has 5 rings (SSSR count). The predicted octanol–water partition coefficient (Wildman–Crippen LogP) is 2.68. The van der Waals surface area contributed by atoms with Gasteiger partial charge in [-0.3, -0.25) is 4.90 Å².